The standard InChI is InChI=1S/C17H18N2O/c1-20-15-7-4-5-13(11-15)9-10-19-12-14-6-2-3-8-16(14)17(19)18/h2-8,11,18H,9-10,12H2,1H3. The molecule has 0 spiro atoms. The van der Waals surface area contributed by atoms with Crippen LogP contribution in [0.5, 0.6) is 5.75 Å². The quantitative estimate of drug-likeness (QED) is 0.923. The summed E-state index contributed by atoms with van der Waals surface area (Å²) in [6.07, 6.45) is 0.924. The third-order valence-electron chi connectivity index (χ3n) is 3.75. The third kappa shape index (κ3) is 2.39. The average molecular weight is 266 g/mol. The maximum atomic E-state index is 8.23. The molecule has 0 aromatic heterocycles. The van der Waals surface area contributed by atoms with Gasteiger partial charge in [-0.05, 0) is 29.7 Å². The van der Waals surface area contributed by atoms with E-state index < -0.39 is 0 Å². The van der Waals surface area contributed by atoms with Gasteiger partial charge < -0.3 is 9.64 Å². The number of benzene rings is 2. The lowest BCUT2D eigenvalue weighted by molar-refractivity contribution is 0.412. The second kappa shape index (κ2) is 5.37. The second-order valence-corrected chi connectivity index (χ2v) is 5.03. The number of hydrogen-bond acceptors (Lipinski definition) is 2. The Kier molecular flexibility index (Phi) is 3.42. The number of methoxy groups -OCH3 is 1. The summed E-state index contributed by atoms with van der Waals surface area (Å²) in [5.41, 5.74) is 3.56. The molecule has 3 rings (SSSR count). The summed E-state index contributed by atoms with van der Waals surface area (Å²) in [4.78, 5) is 2.13. The molecule has 0 atom stereocenters. The molecule has 0 radical (unpaired) electrons. The van der Waals surface area contributed by atoms with E-state index in [1.165, 1.54) is 11.1 Å². The van der Waals surface area contributed by atoms with Gasteiger partial charge in [0.2, 0.25) is 0 Å². The van der Waals surface area contributed by atoms with Gasteiger partial charge in [0.25, 0.3) is 0 Å². The van der Waals surface area contributed by atoms with Crippen molar-refractivity contribution in [1.29, 1.82) is 5.41 Å². The molecule has 0 saturated carbocycles. The molecule has 20 heavy (non-hydrogen) atoms. The molecule has 1 aliphatic heterocycles. The van der Waals surface area contributed by atoms with Crippen molar-refractivity contribution >= 4 is 5.84 Å². The highest BCUT2D eigenvalue weighted by molar-refractivity contribution is 6.00. The van der Waals surface area contributed by atoms with Crippen LogP contribution < -0.4 is 4.74 Å². The van der Waals surface area contributed by atoms with Crippen LogP contribution in [0, 0.1) is 5.41 Å². The summed E-state index contributed by atoms with van der Waals surface area (Å²) in [5, 5.41) is 8.23. The smallest absolute Gasteiger partial charge is 0.128 e. The fourth-order valence-electron chi connectivity index (χ4n) is 2.63. The van der Waals surface area contributed by atoms with E-state index in [1.54, 1.807) is 7.11 Å². The van der Waals surface area contributed by atoms with Crippen molar-refractivity contribution in [2.24, 2.45) is 0 Å². The van der Waals surface area contributed by atoms with Crippen molar-refractivity contribution in [1.82, 2.24) is 4.90 Å². The molecule has 2 aromatic carbocycles. The largest absolute Gasteiger partial charge is 0.497 e. The predicted octanol–water partition coefficient (Wildman–Crippen LogP) is 3.08. The van der Waals surface area contributed by atoms with Gasteiger partial charge in [0.05, 0.1) is 7.11 Å². The zero-order chi connectivity index (χ0) is 13.9. The first kappa shape index (κ1) is 12.7. The van der Waals surface area contributed by atoms with E-state index in [4.69, 9.17) is 10.1 Å². The van der Waals surface area contributed by atoms with E-state index in [-0.39, 0.29) is 0 Å². The first-order valence-corrected chi connectivity index (χ1v) is 6.82. The molecule has 1 aliphatic rings. The predicted molar refractivity (Wildman–Crippen MR) is 80.4 cm³/mol. The first-order valence-electron chi connectivity index (χ1n) is 6.82. The second-order valence-electron chi connectivity index (χ2n) is 5.03. The van der Waals surface area contributed by atoms with Crippen LogP contribution in [-0.4, -0.2) is 24.4 Å². The molecular weight excluding hydrogens is 248 g/mol. The Bertz CT molecular complexity index is 636. The highest BCUT2D eigenvalue weighted by atomic mass is 16.5. The van der Waals surface area contributed by atoms with Gasteiger partial charge in [-0.2, -0.15) is 0 Å². The minimum absolute atomic E-state index is 0.642. The van der Waals surface area contributed by atoms with E-state index in [2.05, 4.69) is 23.1 Å². The van der Waals surface area contributed by atoms with E-state index in [9.17, 15) is 0 Å². The summed E-state index contributed by atoms with van der Waals surface area (Å²) in [7, 11) is 1.69. The van der Waals surface area contributed by atoms with Crippen molar-refractivity contribution in [2.45, 2.75) is 13.0 Å². The summed E-state index contributed by atoms with van der Waals surface area (Å²) < 4.78 is 5.24. The van der Waals surface area contributed by atoms with Crippen LogP contribution >= 0.6 is 0 Å². The molecule has 1 N–H and O–H groups in total. The zero-order valence-corrected chi connectivity index (χ0v) is 11.6. The number of fused-ring (bicyclic) bond motifs is 1. The van der Waals surface area contributed by atoms with Crippen LogP contribution in [0.15, 0.2) is 48.5 Å². The molecule has 3 heteroatoms. The van der Waals surface area contributed by atoms with Gasteiger partial charge in [-0.25, -0.2) is 0 Å². The minimum Gasteiger partial charge on any atom is -0.497 e. The van der Waals surface area contributed by atoms with Crippen LogP contribution in [0.2, 0.25) is 0 Å². The topological polar surface area (TPSA) is 36.3 Å². The fraction of sp³-hybridized carbons (Fsp3) is 0.235. The molecule has 0 saturated heterocycles. The molecule has 0 fully saturated rings. The number of ether oxygens (including phenoxy) is 1. The van der Waals surface area contributed by atoms with Gasteiger partial charge in [-0.15, -0.1) is 0 Å². The number of rotatable bonds is 4. The number of nitrogens with zero attached hydrogens (tertiary/aromatic N) is 1. The lowest BCUT2D eigenvalue weighted by Crippen LogP contribution is -2.26. The monoisotopic (exact) mass is 266 g/mol. The average Bonchev–Trinajstić information content (AvgIpc) is 2.82. The van der Waals surface area contributed by atoms with Gasteiger partial charge in [0, 0.05) is 18.7 Å². The van der Waals surface area contributed by atoms with Crippen molar-refractivity contribution in [3.05, 3.63) is 65.2 Å². The highest BCUT2D eigenvalue weighted by Crippen LogP contribution is 2.22. The summed E-state index contributed by atoms with van der Waals surface area (Å²) in [5.74, 6) is 1.53. The number of hydrogen-bond donors (Lipinski definition) is 1. The Morgan fingerprint density at radius 2 is 2.00 bits per heavy atom. The Labute approximate surface area is 119 Å². The van der Waals surface area contributed by atoms with Gasteiger partial charge in [0.1, 0.15) is 11.6 Å². The zero-order valence-electron chi connectivity index (χ0n) is 11.6. The molecule has 1 heterocycles. The fourth-order valence-corrected chi connectivity index (χ4v) is 2.63. The summed E-state index contributed by atoms with van der Waals surface area (Å²) in [6.45, 7) is 1.71. The van der Waals surface area contributed by atoms with Crippen molar-refractivity contribution in [2.75, 3.05) is 13.7 Å². The molecule has 102 valence electrons. The normalized spacial score (nSPS) is 13.4. The van der Waals surface area contributed by atoms with E-state index in [0.717, 1.165) is 30.8 Å². The molecule has 0 unspecified atom stereocenters. The molecule has 3 nitrogen and oxygen atoms in total. The molecule has 0 bridgehead atoms. The van der Waals surface area contributed by atoms with E-state index in [1.807, 2.05) is 30.3 Å². The number of nitrogens with one attached hydrogen (secondary N) is 1. The summed E-state index contributed by atoms with van der Waals surface area (Å²) >= 11 is 0. The van der Waals surface area contributed by atoms with Crippen LogP contribution in [0.1, 0.15) is 16.7 Å². The molecular formula is C17H18N2O. The van der Waals surface area contributed by atoms with Crippen molar-refractivity contribution < 1.29 is 4.74 Å². The maximum Gasteiger partial charge on any atom is 0.128 e. The minimum atomic E-state index is 0.642. The SMILES string of the molecule is COc1cccc(CCN2Cc3ccccc3C2=N)c1. The van der Waals surface area contributed by atoms with Gasteiger partial charge in [-0.1, -0.05) is 36.4 Å². The van der Waals surface area contributed by atoms with Gasteiger partial charge in [0.15, 0.2) is 0 Å². The third-order valence-corrected chi connectivity index (χ3v) is 3.75. The first-order chi connectivity index (χ1) is 9.78. The lowest BCUT2D eigenvalue weighted by atomic mass is 10.1. The van der Waals surface area contributed by atoms with E-state index >= 15 is 0 Å². The van der Waals surface area contributed by atoms with Crippen LogP contribution in [0.25, 0.3) is 0 Å². The van der Waals surface area contributed by atoms with Crippen molar-refractivity contribution in [3.63, 3.8) is 0 Å². The number of amidine groups is 1. The Morgan fingerprint density at radius 3 is 2.80 bits per heavy atom. The van der Waals surface area contributed by atoms with Crippen molar-refractivity contribution in [3.8, 4) is 5.75 Å². The lowest BCUT2D eigenvalue weighted by Gasteiger charge is -2.17. The van der Waals surface area contributed by atoms with Gasteiger partial charge >= 0.3 is 0 Å². The van der Waals surface area contributed by atoms with Gasteiger partial charge in [-0.3, -0.25) is 5.41 Å². The van der Waals surface area contributed by atoms with Crippen LogP contribution in [0.4, 0.5) is 0 Å². The Morgan fingerprint density at radius 1 is 1.15 bits per heavy atom. The van der Waals surface area contributed by atoms with E-state index in [0.29, 0.717) is 5.84 Å². The summed E-state index contributed by atoms with van der Waals surface area (Å²) in [6, 6.07) is 16.3. The molecule has 0 aliphatic carbocycles. The van der Waals surface area contributed by atoms with Crippen LogP contribution in [0.3, 0.4) is 0 Å². The molecule has 2 aromatic rings. The highest BCUT2D eigenvalue weighted by Gasteiger charge is 2.22. The Balaban J connectivity index is 1.67. The van der Waals surface area contributed by atoms with Crippen LogP contribution in [-0.2, 0) is 13.0 Å². The molecule has 0 amide bonds. The maximum absolute atomic E-state index is 8.23. The Hall–Kier alpha value is -2.29.